The van der Waals surface area contributed by atoms with Gasteiger partial charge in [0.15, 0.2) is 0 Å². The number of alkyl halides is 2. The molecule has 17 heavy (non-hydrogen) atoms. The van der Waals surface area contributed by atoms with Crippen molar-refractivity contribution >= 4 is 5.97 Å². The Kier molecular flexibility index (Phi) is 3.41. The number of carbonyl (C=O) groups excluding carboxylic acids is 1. The molecule has 0 bridgehead atoms. The van der Waals surface area contributed by atoms with Gasteiger partial charge < -0.3 is 4.74 Å². The van der Waals surface area contributed by atoms with Gasteiger partial charge in [0.1, 0.15) is 0 Å². The Balaban J connectivity index is 1.68. The van der Waals surface area contributed by atoms with Gasteiger partial charge in [-0.15, -0.1) is 0 Å². The van der Waals surface area contributed by atoms with E-state index in [1.807, 2.05) is 6.07 Å². The molecule has 0 unspecified atom stereocenters. The Bertz CT molecular complexity index is 382. The number of esters is 1. The molecule has 2 nitrogen and oxygen atoms in total. The Morgan fingerprint density at radius 3 is 2.53 bits per heavy atom. The van der Waals surface area contributed by atoms with Crippen LogP contribution in [0.15, 0.2) is 30.3 Å². The van der Waals surface area contributed by atoms with E-state index >= 15 is 0 Å². The van der Waals surface area contributed by atoms with Gasteiger partial charge in [-0.05, 0) is 24.5 Å². The van der Waals surface area contributed by atoms with Gasteiger partial charge in [0.2, 0.25) is 5.92 Å². The van der Waals surface area contributed by atoms with Gasteiger partial charge in [-0.3, -0.25) is 0 Å². The highest BCUT2D eigenvalue weighted by Gasteiger charge is 2.44. The van der Waals surface area contributed by atoms with Crippen LogP contribution in [0, 0.1) is 5.92 Å². The second-order valence-electron chi connectivity index (χ2n) is 4.42. The molecular weight excluding hydrogens is 226 g/mol. The number of rotatable bonds is 4. The number of ether oxygens (including phenoxy) is 1. The summed E-state index contributed by atoms with van der Waals surface area (Å²) in [5.74, 6) is -2.89. The molecule has 2 rings (SSSR count). The summed E-state index contributed by atoms with van der Waals surface area (Å²) in [4.78, 5) is 11.5. The van der Waals surface area contributed by atoms with Crippen molar-refractivity contribution < 1.29 is 18.3 Å². The molecule has 0 heterocycles. The van der Waals surface area contributed by atoms with Crippen molar-refractivity contribution in [2.24, 2.45) is 5.92 Å². The predicted octanol–water partition coefficient (Wildman–Crippen LogP) is 3.28. The van der Waals surface area contributed by atoms with Crippen LogP contribution in [0.4, 0.5) is 8.78 Å². The molecule has 0 radical (unpaired) electrons. The van der Waals surface area contributed by atoms with Gasteiger partial charge in [-0.1, -0.05) is 18.2 Å². The van der Waals surface area contributed by atoms with E-state index in [1.54, 1.807) is 24.3 Å². The van der Waals surface area contributed by atoms with Crippen molar-refractivity contribution in [2.45, 2.75) is 25.2 Å². The van der Waals surface area contributed by atoms with Crippen molar-refractivity contribution in [1.29, 1.82) is 0 Å². The van der Waals surface area contributed by atoms with Gasteiger partial charge in [0.05, 0.1) is 12.2 Å². The summed E-state index contributed by atoms with van der Waals surface area (Å²) >= 11 is 0. The maximum absolute atomic E-state index is 12.5. The first-order valence-corrected chi connectivity index (χ1v) is 5.67. The fourth-order valence-corrected chi connectivity index (χ4v) is 1.96. The highest BCUT2D eigenvalue weighted by Crippen LogP contribution is 2.43. The Morgan fingerprint density at radius 1 is 1.29 bits per heavy atom. The molecule has 0 aromatic heterocycles. The third kappa shape index (κ3) is 3.25. The van der Waals surface area contributed by atoms with Crippen molar-refractivity contribution in [3.05, 3.63) is 35.9 Å². The fourth-order valence-electron chi connectivity index (χ4n) is 1.96. The lowest BCUT2D eigenvalue weighted by molar-refractivity contribution is -0.114. The molecule has 0 atom stereocenters. The Hall–Kier alpha value is -1.45. The molecule has 0 N–H and O–H groups in total. The Labute approximate surface area is 98.6 Å². The Morgan fingerprint density at radius 2 is 1.94 bits per heavy atom. The van der Waals surface area contributed by atoms with Crippen molar-refractivity contribution in [1.82, 2.24) is 0 Å². The van der Waals surface area contributed by atoms with Crippen LogP contribution in [0.2, 0.25) is 0 Å². The molecule has 1 aromatic carbocycles. The summed E-state index contributed by atoms with van der Waals surface area (Å²) in [5.41, 5.74) is 0.492. The van der Waals surface area contributed by atoms with E-state index < -0.39 is 11.9 Å². The summed E-state index contributed by atoms with van der Waals surface area (Å²) in [5, 5.41) is 0. The monoisotopic (exact) mass is 240 g/mol. The first-order valence-electron chi connectivity index (χ1n) is 5.67. The molecule has 92 valence electrons. The van der Waals surface area contributed by atoms with Crippen molar-refractivity contribution in [3.8, 4) is 0 Å². The lowest BCUT2D eigenvalue weighted by atomic mass is 9.79. The van der Waals surface area contributed by atoms with E-state index in [0.29, 0.717) is 12.0 Å². The van der Waals surface area contributed by atoms with E-state index in [4.69, 9.17) is 4.74 Å². The number of halogens is 2. The quantitative estimate of drug-likeness (QED) is 0.755. The van der Waals surface area contributed by atoms with Crippen LogP contribution in [-0.2, 0) is 4.74 Å². The van der Waals surface area contributed by atoms with Crippen LogP contribution >= 0.6 is 0 Å². The largest absolute Gasteiger partial charge is 0.462 e. The molecule has 1 aliphatic rings. The molecule has 0 aliphatic heterocycles. The molecule has 1 fully saturated rings. The molecule has 0 saturated heterocycles. The summed E-state index contributed by atoms with van der Waals surface area (Å²) in [6, 6.07) is 8.65. The molecule has 0 spiro atoms. The van der Waals surface area contributed by atoms with E-state index in [1.165, 1.54) is 0 Å². The van der Waals surface area contributed by atoms with E-state index in [0.717, 1.165) is 0 Å². The van der Waals surface area contributed by atoms with Crippen LogP contribution in [0.3, 0.4) is 0 Å². The van der Waals surface area contributed by atoms with Crippen LogP contribution < -0.4 is 0 Å². The topological polar surface area (TPSA) is 26.3 Å². The van der Waals surface area contributed by atoms with Crippen LogP contribution in [0.5, 0.6) is 0 Å². The zero-order chi connectivity index (χ0) is 12.3. The summed E-state index contributed by atoms with van der Waals surface area (Å²) in [6.07, 6.45) is 0.375. The molecule has 0 amide bonds. The minimum Gasteiger partial charge on any atom is -0.462 e. The van der Waals surface area contributed by atoms with E-state index in [9.17, 15) is 13.6 Å². The molecule has 1 saturated carbocycles. The van der Waals surface area contributed by atoms with Crippen LogP contribution in [0.25, 0.3) is 0 Å². The SMILES string of the molecule is O=C(OCCC1CC(F)(F)C1)c1ccccc1. The van der Waals surface area contributed by atoms with Crippen molar-refractivity contribution in [3.63, 3.8) is 0 Å². The van der Waals surface area contributed by atoms with Gasteiger partial charge in [0, 0.05) is 12.8 Å². The zero-order valence-electron chi connectivity index (χ0n) is 9.36. The maximum Gasteiger partial charge on any atom is 0.338 e. The molecule has 1 aromatic rings. The molecular formula is C13H14F2O2. The smallest absolute Gasteiger partial charge is 0.338 e. The summed E-state index contributed by atoms with van der Waals surface area (Å²) < 4.78 is 30.1. The minimum absolute atomic E-state index is 0.00595. The van der Waals surface area contributed by atoms with Gasteiger partial charge >= 0.3 is 5.97 Å². The van der Waals surface area contributed by atoms with Crippen LogP contribution in [-0.4, -0.2) is 18.5 Å². The second-order valence-corrected chi connectivity index (χ2v) is 4.42. The predicted molar refractivity (Wildman–Crippen MR) is 59.0 cm³/mol. The second kappa shape index (κ2) is 4.82. The van der Waals surface area contributed by atoms with Gasteiger partial charge in [0.25, 0.3) is 0 Å². The highest BCUT2D eigenvalue weighted by atomic mass is 19.3. The lowest BCUT2D eigenvalue weighted by Gasteiger charge is -2.34. The number of carbonyl (C=O) groups is 1. The number of hydrogen-bond donors (Lipinski definition) is 0. The van der Waals surface area contributed by atoms with Gasteiger partial charge in [-0.2, -0.15) is 0 Å². The third-order valence-electron chi connectivity index (χ3n) is 2.94. The normalized spacial score (nSPS) is 18.5. The van der Waals surface area contributed by atoms with E-state index in [-0.39, 0.29) is 25.4 Å². The lowest BCUT2D eigenvalue weighted by Crippen LogP contribution is -2.36. The first kappa shape index (κ1) is 12.0. The average Bonchev–Trinajstić information content (AvgIpc) is 2.27. The maximum atomic E-state index is 12.5. The summed E-state index contributed by atoms with van der Waals surface area (Å²) in [6.45, 7) is 0.217. The third-order valence-corrected chi connectivity index (χ3v) is 2.94. The molecule has 1 aliphatic carbocycles. The van der Waals surface area contributed by atoms with E-state index in [2.05, 4.69) is 0 Å². The number of hydrogen-bond acceptors (Lipinski definition) is 2. The standard InChI is InChI=1S/C13H14F2O2/c14-13(15)8-10(9-13)6-7-17-12(16)11-4-2-1-3-5-11/h1-5,10H,6-9H2. The zero-order valence-corrected chi connectivity index (χ0v) is 9.36. The highest BCUT2D eigenvalue weighted by molar-refractivity contribution is 5.89. The first-order chi connectivity index (χ1) is 8.07. The fraction of sp³-hybridized carbons (Fsp3) is 0.462. The minimum atomic E-state index is -2.49. The number of benzene rings is 1. The van der Waals surface area contributed by atoms with Gasteiger partial charge in [-0.25, -0.2) is 13.6 Å². The molecule has 4 heteroatoms. The van der Waals surface area contributed by atoms with Crippen LogP contribution in [0.1, 0.15) is 29.6 Å². The van der Waals surface area contributed by atoms with Crippen molar-refractivity contribution in [2.75, 3.05) is 6.61 Å². The summed E-state index contributed by atoms with van der Waals surface area (Å²) in [7, 11) is 0. The average molecular weight is 240 g/mol.